The summed E-state index contributed by atoms with van der Waals surface area (Å²) in [6, 6.07) is 16.3. The van der Waals surface area contributed by atoms with Gasteiger partial charge in [0.05, 0.1) is 24.8 Å². The highest BCUT2D eigenvalue weighted by Crippen LogP contribution is 2.29. The molecule has 31 heavy (non-hydrogen) atoms. The van der Waals surface area contributed by atoms with E-state index >= 15 is 0 Å². The van der Waals surface area contributed by atoms with Crippen LogP contribution in [-0.2, 0) is 14.8 Å². The first-order chi connectivity index (χ1) is 14.7. The van der Waals surface area contributed by atoms with Crippen molar-refractivity contribution in [1.82, 2.24) is 4.72 Å². The van der Waals surface area contributed by atoms with E-state index in [1.807, 2.05) is 24.3 Å². The molecule has 0 bridgehead atoms. The molecule has 164 valence electrons. The summed E-state index contributed by atoms with van der Waals surface area (Å²) in [6.07, 6.45) is 0. The standard InChI is InChI=1S/C23H26N2O5S/c1-15(2)22(23(26)24-20-12-10-18(29-3)14-21(20)30-4)25-31(27,28)19-11-9-16-7-5-6-8-17(16)13-19/h5-15,22,25H,1-4H3,(H,24,26). The molecule has 3 aromatic carbocycles. The number of fused-ring (bicyclic) bond motifs is 1. The summed E-state index contributed by atoms with van der Waals surface area (Å²) in [5.74, 6) is 0.210. The zero-order valence-corrected chi connectivity index (χ0v) is 18.7. The summed E-state index contributed by atoms with van der Waals surface area (Å²) in [6.45, 7) is 3.55. The smallest absolute Gasteiger partial charge is 0.242 e. The maximum Gasteiger partial charge on any atom is 0.242 e. The van der Waals surface area contributed by atoms with Gasteiger partial charge in [0.1, 0.15) is 17.5 Å². The predicted molar refractivity (Wildman–Crippen MR) is 121 cm³/mol. The van der Waals surface area contributed by atoms with Crippen LogP contribution < -0.4 is 19.5 Å². The first kappa shape index (κ1) is 22.6. The molecule has 0 saturated heterocycles. The molecule has 1 atom stereocenters. The number of amides is 1. The van der Waals surface area contributed by atoms with E-state index in [9.17, 15) is 13.2 Å². The predicted octanol–water partition coefficient (Wildman–Crippen LogP) is 3.80. The van der Waals surface area contributed by atoms with Gasteiger partial charge in [-0.25, -0.2) is 8.42 Å². The summed E-state index contributed by atoms with van der Waals surface area (Å²) >= 11 is 0. The third-order valence-corrected chi connectivity index (χ3v) is 6.37. The van der Waals surface area contributed by atoms with Crippen molar-refractivity contribution in [3.8, 4) is 11.5 Å². The van der Waals surface area contributed by atoms with E-state index in [0.29, 0.717) is 17.2 Å². The fraction of sp³-hybridized carbons (Fsp3) is 0.261. The SMILES string of the molecule is COc1ccc(NC(=O)C(NS(=O)(=O)c2ccc3ccccc3c2)C(C)C)c(OC)c1. The van der Waals surface area contributed by atoms with E-state index in [1.54, 1.807) is 44.2 Å². The zero-order chi connectivity index (χ0) is 22.6. The van der Waals surface area contributed by atoms with Crippen LogP contribution in [-0.4, -0.2) is 34.6 Å². The number of carbonyl (C=O) groups is 1. The van der Waals surface area contributed by atoms with Crippen LogP contribution in [0.4, 0.5) is 5.69 Å². The van der Waals surface area contributed by atoms with Crippen LogP contribution in [0.3, 0.4) is 0 Å². The Hall–Kier alpha value is -3.10. The van der Waals surface area contributed by atoms with E-state index in [0.717, 1.165) is 10.8 Å². The second-order valence-corrected chi connectivity index (χ2v) is 9.12. The minimum absolute atomic E-state index is 0.103. The zero-order valence-electron chi connectivity index (χ0n) is 17.9. The molecule has 0 aliphatic heterocycles. The lowest BCUT2D eigenvalue weighted by Crippen LogP contribution is -2.47. The number of rotatable bonds is 8. The van der Waals surface area contributed by atoms with Gasteiger partial charge < -0.3 is 14.8 Å². The van der Waals surface area contributed by atoms with Gasteiger partial charge in [-0.3, -0.25) is 4.79 Å². The molecule has 0 saturated carbocycles. The molecule has 7 nitrogen and oxygen atoms in total. The van der Waals surface area contributed by atoms with Crippen LogP contribution in [0.2, 0.25) is 0 Å². The lowest BCUT2D eigenvalue weighted by Gasteiger charge is -2.22. The summed E-state index contributed by atoms with van der Waals surface area (Å²) < 4.78 is 39.1. The molecule has 3 rings (SSSR count). The summed E-state index contributed by atoms with van der Waals surface area (Å²) in [5.41, 5.74) is 0.420. The minimum atomic E-state index is -3.92. The number of hydrogen-bond acceptors (Lipinski definition) is 5. The average molecular weight is 443 g/mol. The largest absolute Gasteiger partial charge is 0.497 e. The highest BCUT2D eigenvalue weighted by atomic mass is 32.2. The van der Waals surface area contributed by atoms with E-state index in [2.05, 4.69) is 10.0 Å². The molecule has 0 aliphatic rings. The van der Waals surface area contributed by atoms with Gasteiger partial charge in [0.2, 0.25) is 15.9 Å². The molecule has 0 aliphatic carbocycles. The summed E-state index contributed by atoms with van der Waals surface area (Å²) in [4.78, 5) is 13.1. The van der Waals surface area contributed by atoms with E-state index in [1.165, 1.54) is 20.3 Å². The number of methoxy groups -OCH3 is 2. The quantitative estimate of drug-likeness (QED) is 0.553. The van der Waals surface area contributed by atoms with Crippen molar-refractivity contribution >= 4 is 32.4 Å². The molecule has 0 aromatic heterocycles. The van der Waals surface area contributed by atoms with Crippen molar-refractivity contribution in [3.05, 3.63) is 60.7 Å². The van der Waals surface area contributed by atoms with Gasteiger partial charge in [-0.05, 0) is 41.0 Å². The van der Waals surface area contributed by atoms with Crippen LogP contribution in [0, 0.1) is 5.92 Å². The van der Waals surface area contributed by atoms with E-state index in [4.69, 9.17) is 9.47 Å². The molecule has 1 amide bonds. The normalized spacial score (nSPS) is 12.5. The molecular formula is C23H26N2O5S. The maximum atomic E-state index is 13.0. The number of ether oxygens (including phenoxy) is 2. The topological polar surface area (TPSA) is 93.7 Å². The molecule has 1 unspecified atom stereocenters. The Morgan fingerprint density at radius 2 is 1.61 bits per heavy atom. The molecule has 0 radical (unpaired) electrons. The Morgan fingerprint density at radius 3 is 2.26 bits per heavy atom. The second kappa shape index (κ2) is 9.36. The lowest BCUT2D eigenvalue weighted by atomic mass is 10.0. The Kier molecular flexibility index (Phi) is 6.82. The monoisotopic (exact) mass is 442 g/mol. The third-order valence-electron chi connectivity index (χ3n) is 4.93. The van der Waals surface area contributed by atoms with Crippen molar-refractivity contribution in [3.63, 3.8) is 0 Å². The highest BCUT2D eigenvalue weighted by Gasteiger charge is 2.29. The van der Waals surface area contributed by atoms with Crippen LogP contribution >= 0.6 is 0 Å². The van der Waals surface area contributed by atoms with Gasteiger partial charge in [0, 0.05) is 6.07 Å². The second-order valence-electron chi connectivity index (χ2n) is 7.41. The Balaban J connectivity index is 1.85. The van der Waals surface area contributed by atoms with Crippen molar-refractivity contribution in [2.75, 3.05) is 19.5 Å². The number of nitrogens with one attached hydrogen (secondary N) is 2. The van der Waals surface area contributed by atoms with Gasteiger partial charge in [-0.15, -0.1) is 0 Å². The first-order valence-electron chi connectivity index (χ1n) is 9.79. The summed E-state index contributed by atoms with van der Waals surface area (Å²) in [7, 11) is -0.912. The minimum Gasteiger partial charge on any atom is -0.497 e. The van der Waals surface area contributed by atoms with Crippen LogP contribution in [0.5, 0.6) is 11.5 Å². The van der Waals surface area contributed by atoms with Crippen molar-refractivity contribution in [2.45, 2.75) is 24.8 Å². The molecule has 0 fully saturated rings. The molecule has 8 heteroatoms. The number of carbonyl (C=O) groups excluding carboxylic acids is 1. The fourth-order valence-electron chi connectivity index (χ4n) is 3.17. The maximum absolute atomic E-state index is 13.0. The van der Waals surface area contributed by atoms with Gasteiger partial charge >= 0.3 is 0 Å². The highest BCUT2D eigenvalue weighted by molar-refractivity contribution is 7.89. The lowest BCUT2D eigenvalue weighted by molar-refractivity contribution is -0.118. The van der Waals surface area contributed by atoms with Crippen molar-refractivity contribution < 1.29 is 22.7 Å². The van der Waals surface area contributed by atoms with Gasteiger partial charge in [-0.1, -0.05) is 44.2 Å². The van der Waals surface area contributed by atoms with E-state index in [-0.39, 0.29) is 10.8 Å². The van der Waals surface area contributed by atoms with Gasteiger partial charge in [-0.2, -0.15) is 4.72 Å². The van der Waals surface area contributed by atoms with Crippen LogP contribution in [0.25, 0.3) is 10.8 Å². The number of anilines is 1. The summed E-state index contributed by atoms with van der Waals surface area (Å²) in [5, 5.41) is 4.49. The molecule has 2 N–H and O–H groups in total. The van der Waals surface area contributed by atoms with Gasteiger partial charge in [0.15, 0.2) is 0 Å². The number of hydrogen-bond donors (Lipinski definition) is 2. The van der Waals surface area contributed by atoms with Crippen LogP contribution in [0.1, 0.15) is 13.8 Å². The Bertz CT molecular complexity index is 1190. The molecule has 3 aromatic rings. The van der Waals surface area contributed by atoms with Crippen molar-refractivity contribution in [2.24, 2.45) is 5.92 Å². The molecule has 0 heterocycles. The van der Waals surface area contributed by atoms with Gasteiger partial charge in [0.25, 0.3) is 0 Å². The number of sulfonamides is 1. The number of benzene rings is 3. The average Bonchev–Trinajstić information content (AvgIpc) is 2.77. The first-order valence-corrected chi connectivity index (χ1v) is 11.3. The Morgan fingerprint density at radius 1 is 0.903 bits per heavy atom. The van der Waals surface area contributed by atoms with E-state index < -0.39 is 22.0 Å². The Labute approximate surface area is 182 Å². The van der Waals surface area contributed by atoms with Crippen LogP contribution in [0.15, 0.2) is 65.6 Å². The molecule has 0 spiro atoms. The molecular weight excluding hydrogens is 416 g/mol. The third kappa shape index (κ3) is 5.15. The van der Waals surface area contributed by atoms with Crippen molar-refractivity contribution in [1.29, 1.82) is 0 Å². The fourth-order valence-corrected chi connectivity index (χ4v) is 4.55.